The molecular formula is C18H31N3. The lowest BCUT2D eigenvalue weighted by molar-refractivity contribution is 0.424. The largest absolute Gasteiger partial charge is 0.354 e. The SMILES string of the molecule is Cc1cc(CNC(C)(C)C)cnc1N1CCCCCC1C. The standard InChI is InChI=1S/C18H31N3/c1-14-11-16(13-20-18(3,4)5)12-19-17(14)21-10-8-6-7-9-15(21)2/h11-12,15,20H,6-10,13H2,1-5H3. The van der Waals surface area contributed by atoms with E-state index in [1.54, 1.807) is 0 Å². The molecule has 0 aromatic carbocycles. The van der Waals surface area contributed by atoms with Crippen molar-refractivity contribution in [2.45, 2.75) is 78.4 Å². The van der Waals surface area contributed by atoms with E-state index in [9.17, 15) is 0 Å². The highest BCUT2D eigenvalue weighted by Crippen LogP contribution is 2.25. The molecule has 1 aliphatic rings. The molecule has 1 aliphatic heterocycles. The first-order valence-electron chi connectivity index (χ1n) is 8.34. The number of rotatable bonds is 3. The molecule has 2 heterocycles. The first kappa shape index (κ1) is 16.3. The quantitative estimate of drug-likeness (QED) is 0.910. The fraction of sp³-hybridized carbons (Fsp3) is 0.722. The molecule has 2 rings (SSSR count). The molecule has 0 amide bonds. The van der Waals surface area contributed by atoms with E-state index in [1.807, 2.05) is 6.20 Å². The summed E-state index contributed by atoms with van der Waals surface area (Å²) in [5.41, 5.74) is 2.72. The molecule has 1 unspecified atom stereocenters. The van der Waals surface area contributed by atoms with Crippen LogP contribution >= 0.6 is 0 Å². The Labute approximate surface area is 130 Å². The molecule has 1 atom stereocenters. The number of pyridine rings is 1. The molecule has 1 N–H and O–H groups in total. The minimum atomic E-state index is 0.145. The molecule has 3 nitrogen and oxygen atoms in total. The van der Waals surface area contributed by atoms with E-state index in [0.29, 0.717) is 6.04 Å². The zero-order valence-corrected chi connectivity index (χ0v) is 14.4. The van der Waals surface area contributed by atoms with Crippen LogP contribution in [-0.2, 0) is 6.54 Å². The van der Waals surface area contributed by atoms with E-state index in [0.717, 1.165) is 13.1 Å². The van der Waals surface area contributed by atoms with Gasteiger partial charge in [0.25, 0.3) is 0 Å². The average Bonchev–Trinajstić information content (AvgIpc) is 2.61. The topological polar surface area (TPSA) is 28.2 Å². The van der Waals surface area contributed by atoms with E-state index in [1.165, 1.54) is 42.6 Å². The summed E-state index contributed by atoms with van der Waals surface area (Å²) in [5.74, 6) is 1.18. The lowest BCUT2D eigenvalue weighted by Gasteiger charge is -2.30. The monoisotopic (exact) mass is 289 g/mol. The summed E-state index contributed by atoms with van der Waals surface area (Å²) in [4.78, 5) is 7.28. The Balaban J connectivity index is 2.11. The predicted octanol–water partition coefficient (Wildman–Crippen LogP) is 4.05. The minimum absolute atomic E-state index is 0.145. The number of anilines is 1. The van der Waals surface area contributed by atoms with Gasteiger partial charge in [0.1, 0.15) is 5.82 Å². The Morgan fingerprint density at radius 2 is 2.05 bits per heavy atom. The van der Waals surface area contributed by atoms with Gasteiger partial charge in [0.2, 0.25) is 0 Å². The van der Waals surface area contributed by atoms with Crippen molar-refractivity contribution in [3.63, 3.8) is 0 Å². The second-order valence-electron chi connectivity index (χ2n) is 7.48. The summed E-state index contributed by atoms with van der Waals surface area (Å²) in [6.45, 7) is 13.1. The number of nitrogens with zero attached hydrogens (tertiary/aromatic N) is 2. The van der Waals surface area contributed by atoms with Gasteiger partial charge < -0.3 is 10.2 Å². The maximum atomic E-state index is 4.78. The van der Waals surface area contributed by atoms with Crippen LogP contribution in [0.4, 0.5) is 5.82 Å². The fourth-order valence-electron chi connectivity index (χ4n) is 2.98. The molecular weight excluding hydrogens is 258 g/mol. The van der Waals surface area contributed by atoms with Gasteiger partial charge in [0, 0.05) is 30.9 Å². The molecule has 0 bridgehead atoms. The second-order valence-corrected chi connectivity index (χ2v) is 7.48. The molecule has 3 heteroatoms. The van der Waals surface area contributed by atoms with Crippen molar-refractivity contribution in [3.05, 3.63) is 23.4 Å². The van der Waals surface area contributed by atoms with Crippen molar-refractivity contribution in [2.24, 2.45) is 0 Å². The normalized spacial score (nSPS) is 20.4. The summed E-state index contributed by atoms with van der Waals surface area (Å²) in [7, 11) is 0. The van der Waals surface area contributed by atoms with Crippen molar-refractivity contribution < 1.29 is 0 Å². The number of hydrogen-bond donors (Lipinski definition) is 1. The highest BCUT2D eigenvalue weighted by Gasteiger charge is 2.20. The molecule has 118 valence electrons. The molecule has 0 saturated carbocycles. The second kappa shape index (κ2) is 6.78. The number of nitrogens with one attached hydrogen (secondary N) is 1. The van der Waals surface area contributed by atoms with Crippen LogP contribution in [0.1, 0.15) is 64.5 Å². The third kappa shape index (κ3) is 4.70. The van der Waals surface area contributed by atoms with Crippen molar-refractivity contribution >= 4 is 5.82 Å². The van der Waals surface area contributed by atoms with Crippen molar-refractivity contribution in [1.29, 1.82) is 0 Å². The van der Waals surface area contributed by atoms with E-state index in [-0.39, 0.29) is 5.54 Å². The van der Waals surface area contributed by atoms with Gasteiger partial charge in [0.15, 0.2) is 0 Å². The number of aromatic nitrogens is 1. The van der Waals surface area contributed by atoms with Gasteiger partial charge in [-0.2, -0.15) is 0 Å². The van der Waals surface area contributed by atoms with Crippen LogP contribution in [0, 0.1) is 6.92 Å². The summed E-state index contributed by atoms with van der Waals surface area (Å²) < 4.78 is 0. The molecule has 1 saturated heterocycles. The highest BCUT2D eigenvalue weighted by molar-refractivity contribution is 5.48. The van der Waals surface area contributed by atoms with Gasteiger partial charge in [-0.1, -0.05) is 12.8 Å². The highest BCUT2D eigenvalue weighted by atomic mass is 15.2. The summed E-state index contributed by atoms with van der Waals surface area (Å²) in [6.07, 6.45) is 7.32. The Morgan fingerprint density at radius 1 is 1.29 bits per heavy atom. The zero-order valence-electron chi connectivity index (χ0n) is 14.4. The van der Waals surface area contributed by atoms with Crippen LogP contribution in [0.15, 0.2) is 12.3 Å². The fourth-order valence-corrected chi connectivity index (χ4v) is 2.98. The third-order valence-electron chi connectivity index (χ3n) is 4.26. The maximum Gasteiger partial charge on any atom is 0.131 e. The minimum Gasteiger partial charge on any atom is -0.354 e. The smallest absolute Gasteiger partial charge is 0.131 e. The molecule has 0 spiro atoms. The van der Waals surface area contributed by atoms with Crippen LogP contribution in [0.2, 0.25) is 0 Å². The molecule has 1 fully saturated rings. The van der Waals surface area contributed by atoms with E-state index in [2.05, 4.69) is 50.9 Å². The Bertz CT molecular complexity index is 462. The van der Waals surface area contributed by atoms with E-state index < -0.39 is 0 Å². The Morgan fingerprint density at radius 3 is 2.71 bits per heavy atom. The molecule has 0 aliphatic carbocycles. The van der Waals surface area contributed by atoms with Gasteiger partial charge >= 0.3 is 0 Å². The van der Waals surface area contributed by atoms with Gasteiger partial charge in [-0.3, -0.25) is 0 Å². The Hall–Kier alpha value is -1.09. The van der Waals surface area contributed by atoms with Crippen molar-refractivity contribution in [1.82, 2.24) is 10.3 Å². The number of hydrogen-bond acceptors (Lipinski definition) is 3. The Kier molecular flexibility index (Phi) is 5.26. The summed E-state index contributed by atoms with van der Waals surface area (Å²) in [5, 5.41) is 3.53. The predicted molar refractivity (Wildman–Crippen MR) is 90.8 cm³/mol. The van der Waals surface area contributed by atoms with Gasteiger partial charge in [-0.25, -0.2) is 4.98 Å². The molecule has 21 heavy (non-hydrogen) atoms. The average molecular weight is 289 g/mol. The maximum absolute atomic E-state index is 4.78. The van der Waals surface area contributed by atoms with Gasteiger partial charge in [-0.15, -0.1) is 0 Å². The van der Waals surface area contributed by atoms with Crippen LogP contribution < -0.4 is 10.2 Å². The molecule has 1 aromatic rings. The summed E-state index contributed by atoms with van der Waals surface area (Å²) in [6, 6.07) is 2.90. The van der Waals surface area contributed by atoms with Crippen LogP contribution in [0.25, 0.3) is 0 Å². The van der Waals surface area contributed by atoms with Gasteiger partial charge in [0.05, 0.1) is 0 Å². The summed E-state index contributed by atoms with van der Waals surface area (Å²) >= 11 is 0. The number of aryl methyl sites for hydroxylation is 1. The lowest BCUT2D eigenvalue weighted by atomic mass is 10.1. The van der Waals surface area contributed by atoms with Gasteiger partial charge in [-0.05, 0) is 64.7 Å². The first-order valence-corrected chi connectivity index (χ1v) is 8.34. The molecule has 0 radical (unpaired) electrons. The van der Waals surface area contributed by atoms with Crippen LogP contribution in [-0.4, -0.2) is 23.1 Å². The lowest BCUT2D eigenvalue weighted by Crippen LogP contribution is -2.35. The van der Waals surface area contributed by atoms with Crippen LogP contribution in [0.5, 0.6) is 0 Å². The van der Waals surface area contributed by atoms with E-state index in [4.69, 9.17) is 4.98 Å². The van der Waals surface area contributed by atoms with Crippen molar-refractivity contribution in [2.75, 3.05) is 11.4 Å². The van der Waals surface area contributed by atoms with E-state index >= 15 is 0 Å². The van der Waals surface area contributed by atoms with Crippen LogP contribution in [0.3, 0.4) is 0 Å². The molecule has 1 aromatic heterocycles. The van der Waals surface area contributed by atoms with Crippen molar-refractivity contribution in [3.8, 4) is 0 Å². The first-order chi connectivity index (χ1) is 9.87. The third-order valence-corrected chi connectivity index (χ3v) is 4.26. The zero-order chi connectivity index (χ0) is 15.5.